The lowest BCUT2D eigenvalue weighted by atomic mass is 9.96. The number of nitrogens with zero attached hydrogens (tertiary/aromatic N) is 1. The number of hydrogen-bond donors (Lipinski definition) is 0. The van der Waals surface area contributed by atoms with Crippen molar-refractivity contribution in [1.29, 1.82) is 0 Å². The zero-order chi connectivity index (χ0) is 14.5. The monoisotopic (exact) mass is 294 g/mol. The van der Waals surface area contributed by atoms with Gasteiger partial charge in [-0.1, -0.05) is 38.6 Å². The summed E-state index contributed by atoms with van der Waals surface area (Å²) >= 11 is 1.74. The Morgan fingerprint density at radius 1 is 1.37 bits per heavy atom. The summed E-state index contributed by atoms with van der Waals surface area (Å²) in [4.78, 5) is 5.77. The highest BCUT2D eigenvalue weighted by atomic mass is 32.2. The molecule has 0 amide bonds. The van der Waals surface area contributed by atoms with E-state index in [0.29, 0.717) is 6.61 Å². The molecule has 0 spiro atoms. The van der Waals surface area contributed by atoms with Crippen LogP contribution in [-0.2, 0) is 4.43 Å². The highest BCUT2D eigenvalue weighted by Gasteiger charge is 2.18. The highest BCUT2D eigenvalue weighted by Crippen LogP contribution is 2.38. The van der Waals surface area contributed by atoms with Crippen molar-refractivity contribution in [3.8, 4) is 0 Å². The Balaban J connectivity index is 2.78. The van der Waals surface area contributed by atoms with E-state index < -0.39 is 9.04 Å². The van der Waals surface area contributed by atoms with Crippen LogP contribution in [0.3, 0.4) is 0 Å². The second kappa shape index (κ2) is 7.27. The molecule has 4 heteroatoms. The van der Waals surface area contributed by atoms with Gasteiger partial charge in [0.05, 0.1) is 6.61 Å². The van der Waals surface area contributed by atoms with Gasteiger partial charge in [0.2, 0.25) is 9.04 Å². The Bertz CT molecular complexity index is 421. The SMILES string of the molecule is Cc1ccc(SC(=CCO[Si](C)C)C(C)(C)C)nc1. The molecule has 0 bridgehead atoms. The number of thioether (sulfide) groups is 1. The standard InChI is InChI=1S/C15H24NOSSi/c1-12-7-8-14(16-11-12)18-13(15(2,3)4)9-10-17-19(5)6/h7-9,11H,10H2,1-6H3. The van der Waals surface area contributed by atoms with Gasteiger partial charge < -0.3 is 4.43 Å². The lowest BCUT2D eigenvalue weighted by Crippen LogP contribution is -2.11. The Hall–Kier alpha value is -0.583. The summed E-state index contributed by atoms with van der Waals surface area (Å²) in [5.41, 5.74) is 1.31. The maximum Gasteiger partial charge on any atom is 0.205 e. The number of allylic oxidation sites excluding steroid dienone is 1. The second-order valence-electron chi connectivity index (χ2n) is 5.81. The van der Waals surface area contributed by atoms with E-state index >= 15 is 0 Å². The molecule has 0 aliphatic carbocycles. The van der Waals surface area contributed by atoms with Gasteiger partial charge >= 0.3 is 0 Å². The van der Waals surface area contributed by atoms with Crippen LogP contribution in [0.15, 0.2) is 34.3 Å². The molecular formula is C15H24NOSSi. The fourth-order valence-corrected chi connectivity index (χ4v) is 2.75. The highest BCUT2D eigenvalue weighted by molar-refractivity contribution is 8.03. The lowest BCUT2D eigenvalue weighted by Gasteiger charge is -2.22. The zero-order valence-corrected chi connectivity index (χ0v) is 14.6. The number of aryl methyl sites for hydroxylation is 1. The third-order valence-electron chi connectivity index (χ3n) is 2.48. The maximum absolute atomic E-state index is 5.72. The van der Waals surface area contributed by atoms with Gasteiger partial charge in [-0.25, -0.2) is 4.98 Å². The van der Waals surface area contributed by atoms with E-state index in [-0.39, 0.29) is 5.41 Å². The molecule has 0 atom stereocenters. The quantitative estimate of drug-likeness (QED) is 0.581. The summed E-state index contributed by atoms with van der Waals surface area (Å²) in [7, 11) is -0.622. The van der Waals surface area contributed by atoms with Gasteiger partial charge in [-0.3, -0.25) is 0 Å². The van der Waals surface area contributed by atoms with E-state index in [1.165, 1.54) is 10.5 Å². The van der Waals surface area contributed by atoms with Crippen LogP contribution in [0.5, 0.6) is 0 Å². The molecule has 0 fully saturated rings. The van der Waals surface area contributed by atoms with Gasteiger partial charge in [0.1, 0.15) is 5.03 Å². The third-order valence-corrected chi connectivity index (χ3v) is 4.67. The van der Waals surface area contributed by atoms with E-state index in [4.69, 9.17) is 4.43 Å². The van der Waals surface area contributed by atoms with Crippen LogP contribution in [-0.4, -0.2) is 20.6 Å². The fraction of sp³-hybridized carbons (Fsp3) is 0.533. The first-order chi connectivity index (χ1) is 8.79. The van der Waals surface area contributed by atoms with Gasteiger partial charge in [0.25, 0.3) is 0 Å². The van der Waals surface area contributed by atoms with Crippen molar-refractivity contribution in [3.63, 3.8) is 0 Å². The molecule has 1 heterocycles. The van der Waals surface area contributed by atoms with E-state index in [9.17, 15) is 0 Å². The lowest BCUT2D eigenvalue weighted by molar-refractivity contribution is 0.371. The van der Waals surface area contributed by atoms with Crippen LogP contribution >= 0.6 is 11.8 Å². The first kappa shape index (κ1) is 16.5. The maximum atomic E-state index is 5.72. The average molecular weight is 295 g/mol. The average Bonchev–Trinajstić information content (AvgIpc) is 2.28. The molecule has 0 aliphatic heterocycles. The van der Waals surface area contributed by atoms with Crippen LogP contribution in [0.4, 0.5) is 0 Å². The first-order valence-corrected chi connectivity index (χ1v) is 9.75. The Labute approximate surface area is 123 Å². The molecule has 1 aromatic heterocycles. The summed E-state index contributed by atoms with van der Waals surface area (Å²) in [5, 5.41) is 1.05. The van der Waals surface area contributed by atoms with Crippen molar-refractivity contribution in [3.05, 3.63) is 34.9 Å². The Morgan fingerprint density at radius 2 is 2.05 bits per heavy atom. The van der Waals surface area contributed by atoms with Crippen molar-refractivity contribution in [2.75, 3.05) is 6.61 Å². The van der Waals surface area contributed by atoms with E-state index in [1.54, 1.807) is 11.8 Å². The van der Waals surface area contributed by atoms with Gasteiger partial charge in [0.15, 0.2) is 0 Å². The summed E-state index contributed by atoms with van der Waals surface area (Å²) in [6.45, 7) is 13.7. The third kappa shape index (κ3) is 6.41. The van der Waals surface area contributed by atoms with Crippen molar-refractivity contribution in [2.24, 2.45) is 5.41 Å². The van der Waals surface area contributed by atoms with Crippen molar-refractivity contribution >= 4 is 20.8 Å². The summed E-state index contributed by atoms with van der Waals surface area (Å²) < 4.78 is 5.72. The molecule has 0 saturated carbocycles. The number of pyridine rings is 1. The van der Waals surface area contributed by atoms with Crippen molar-refractivity contribution in [1.82, 2.24) is 4.98 Å². The predicted molar refractivity (Wildman–Crippen MR) is 85.8 cm³/mol. The van der Waals surface area contributed by atoms with Crippen molar-refractivity contribution < 1.29 is 4.43 Å². The molecule has 1 rings (SSSR count). The Kier molecular flexibility index (Phi) is 6.30. The van der Waals surface area contributed by atoms with Gasteiger partial charge in [-0.15, -0.1) is 0 Å². The van der Waals surface area contributed by atoms with Crippen LogP contribution < -0.4 is 0 Å². The number of rotatable bonds is 5. The summed E-state index contributed by atoms with van der Waals surface area (Å²) in [5.74, 6) is 0. The molecular weight excluding hydrogens is 270 g/mol. The molecule has 1 radical (unpaired) electrons. The zero-order valence-electron chi connectivity index (χ0n) is 12.8. The molecule has 0 aromatic carbocycles. The van der Waals surface area contributed by atoms with Gasteiger partial charge in [0, 0.05) is 6.20 Å². The summed E-state index contributed by atoms with van der Waals surface area (Å²) in [6, 6.07) is 4.18. The molecule has 19 heavy (non-hydrogen) atoms. The number of aromatic nitrogens is 1. The van der Waals surface area contributed by atoms with Crippen LogP contribution in [0, 0.1) is 12.3 Å². The van der Waals surface area contributed by atoms with Gasteiger partial charge in [-0.05, 0) is 48.0 Å². The molecule has 1 aromatic rings. The fourth-order valence-electron chi connectivity index (χ4n) is 1.41. The minimum absolute atomic E-state index is 0.120. The van der Waals surface area contributed by atoms with Gasteiger partial charge in [-0.2, -0.15) is 0 Å². The van der Waals surface area contributed by atoms with E-state index in [2.05, 4.69) is 64.0 Å². The first-order valence-electron chi connectivity index (χ1n) is 6.53. The summed E-state index contributed by atoms with van der Waals surface area (Å²) in [6.07, 6.45) is 4.11. The minimum Gasteiger partial charge on any atom is -0.413 e. The molecule has 0 aliphatic rings. The smallest absolute Gasteiger partial charge is 0.205 e. The molecule has 0 N–H and O–H groups in total. The van der Waals surface area contributed by atoms with Crippen LogP contribution in [0.1, 0.15) is 26.3 Å². The number of hydrogen-bond acceptors (Lipinski definition) is 3. The minimum atomic E-state index is -0.622. The molecule has 0 unspecified atom stereocenters. The Morgan fingerprint density at radius 3 is 2.53 bits per heavy atom. The largest absolute Gasteiger partial charge is 0.413 e. The van der Waals surface area contributed by atoms with E-state index in [1.807, 2.05) is 6.20 Å². The predicted octanol–water partition coefficient (Wildman–Crippen LogP) is 4.68. The topological polar surface area (TPSA) is 22.1 Å². The van der Waals surface area contributed by atoms with Crippen LogP contribution in [0.2, 0.25) is 13.1 Å². The van der Waals surface area contributed by atoms with Crippen LogP contribution in [0.25, 0.3) is 0 Å². The normalized spacial score (nSPS) is 13.1. The molecule has 105 valence electrons. The molecule has 0 saturated heterocycles. The molecule has 2 nitrogen and oxygen atoms in total. The second-order valence-corrected chi connectivity index (χ2v) is 8.98. The van der Waals surface area contributed by atoms with Crippen molar-refractivity contribution in [2.45, 2.75) is 45.8 Å². The van der Waals surface area contributed by atoms with E-state index in [0.717, 1.165) is 5.03 Å².